The molecule has 0 aliphatic carbocycles. The molecule has 7 nitrogen and oxygen atoms in total. The average molecular weight is 350 g/mol. The van der Waals surface area contributed by atoms with Gasteiger partial charge in [-0.3, -0.25) is 14.3 Å². The summed E-state index contributed by atoms with van der Waals surface area (Å²) < 4.78 is 6.93. The van der Waals surface area contributed by atoms with Crippen LogP contribution in [0.5, 0.6) is 0 Å². The van der Waals surface area contributed by atoms with Gasteiger partial charge in [-0.1, -0.05) is 13.8 Å². The molecule has 25 heavy (non-hydrogen) atoms. The quantitative estimate of drug-likeness (QED) is 0.813. The van der Waals surface area contributed by atoms with Crippen molar-refractivity contribution in [2.75, 3.05) is 31.6 Å². The summed E-state index contributed by atoms with van der Waals surface area (Å²) in [5.74, 6) is 0.769. The SMILES string of the molecule is CCOCC(=O)N1CCC(C(=O)Nc2c(CC)c(CC)nn2C)CC1. The number of rotatable bonds is 7. The van der Waals surface area contributed by atoms with Crippen molar-refractivity contribution in [1.29, 1.82) is 0 Å². The molecule has 7 heteroatoms. The van der Waals surface area contributed by atoms with Gasteiger partial charge in [-0.15, -0.1) is 0 Å². The van der Waals surface area contributed by atoms with Crippen molar-refractivity contribution in [3.8, 4) is 0 Å². The summed E-state index contributed by atoms with van der Waals surface area (Å²) in [4.78, 5) is 26.4. The topological polar surface area (TPSA) is 76.5 Å². The van der Waals surface area contributed by atoms with E-state index >= 15 is 0 Å². The van der Waals surface area contributed by atoms with Crippen LogP contribution in [0.2, 0.25) is 0 Å². The molecule has 140 valence electrons. The Morgan fingerprint density at radius 1 is 1.20 bits per heavy atom. The van der Waals surface area contributed by atoms with Gasteiger partial charge in [-0.05, 0) is 32.6 Å². The van der Waals surface area contributed by atoms with Crippen molar-refractivity contribution in [1.82, 2.24) is 14.7 Å². The van der Waals surface area contributed by atoms with Gasteiger partial charge in [-0.2, -0.15) is 5.10 Å². The van der Waals surface area contributed by atoms with E-state index < -0.39 is 0 Å². The lowest BCUT2D eigenvalue weighted by Gasteiger charge is -2.31. The number of anilines is 1. The number of aryl methyl sites for hydroxylation is 2. The minimum Gasteiger partial charge on any atom is -0.372 e. The van der Waals surface area contributed by atoms with Gasteiger partial charge in [-0.25, -0.2) is 0 Å². The zero-order valence-corrected chi connectivity index (χ0v) is 15.8. The molecule has 0 bridgehead atoms. The highest BCUT2D eigenvalue weighted by Gasteiger charge is 2.28. The number of nitrogens with one attached hydrogen (secondary N) is 1. The van der Waals surface area contributed by atoms with Gasteiger partial charge in [0.1, 0.15) is 12.4 Å². The molecular formula is C18H30N4O3. The van der Waals surface area contributed by atoms with E-state index in [2.05, 4.69) is 24.3 Å². The lowest BCUT2D eigenvalue weighted by Crippen LogP contribution is -2.43. The molecule has 1 aromatic rings. The normalized spacial score (nSPS) is 15.4. The molecule has 2 amide bonds. The molecule has 2 heterocycles. The smallest absolute Gasteiger partial charge is 0.248 e. The van der Waals surface area contributed by atoms with E-state index in [1.54, 1.807) is 9.58 Å². The number of carbonyl (C=O) groups excluding carboxylic acids is 2. The van der Waals surface area contributed by atoms with Gasteiger partial charge in [0.25, 0.3) is 0 Å². The van der Waals surface area contributed by atoms with Crippen LogP contribution in [0.3, 0.4) is 0 Å². The predicted molar refractivity (Wildman–Crippen MR) is 96.4 cm³/mol. The molecule has 1 N–H and O–H groups in total. The van der Waals surface area contributed by atoms with E-state index in [0.29, 0.717) is 32.5 Å². The number of nitrogens with zero attached hydrogens (tertiary/aromatic N) is 3. The maximum Gasteiger partial charge on any atom is 0.248 e. The van der Waals surface area contributed by atoms with E-state index in [9.17, 15) is 9.59 Å². The van der Waals surface area contributed by atoms with Crippen LogP contribution in [-0.2, 0) is 34.2 Å². The third-order valence-electron chi connectivity index (χ3n) is 4.81. The Kier molecular flexibility index (Phi) is 6.99. The van der Waals surface area contributed by atoms with Gasteiger partial charge in [0.2, 0.25) is 11.8 Å². The zero-order chi connectivity index (χ0) is 18.4. The predicted octanol–water partition coefficient (Wildman–Crippen LogP) is 1.76. The number of aromatic nitrogens is 2. The van der Waals surface area contributed by atoms with Crippen LogP contribution in [0.25, 0.3) is 0 Å². The number of likely N-dealkylation sites (tertiary alicyclic amines) is 1. The molecule has 1 saturated heterocycles. The van der Waals surface area contributed by atoms with Gasteiger partial charge in [0.05, 0.1) is 5.69 Å². The van der Waals surface area contributed by atoms with E-state index in [4.69, 9.17) is 4.74 Å². The Labute approximate surface area is 149 Å². The van der Waals surface area contributed by atoms with E-state index in [-0.39, 0.29) is 24.3 Å². The van der Waals surface area contributed by atoms with Crippen LogP contribution in [-0.4, -0.2) is 52.8 Å². The molecule has 0 unspecified atom stereocenters. The summed E-state index contributed by atoms with van der Waals surface area (Å²) >= 11 is 0. The van der Waals surface area contributed by atoms with Crippen LogP contribution < -0.4 is 5.32 Å². The average Bonchev–Trinajstić information content (AvgIpc) is 2.94. The fourth-order valence-electron chi connectivity index (χ4n) is 3.33. The highest BCUT2D eigenvalue weighted by molar-refractivity contribution is 5.92. The second kappa shape index (κ2) is 8.99. The van der Waals surface area contributed by atoms with Crippen molar-refractivity contribution in [3.05, 3.63) is 11.3 Å². The van der Waals surface area contributed by atoms with Crippen molar-refractivity contribution in [3.63, 3.8) is 0 Å². The minimum absolute atomic E-state index is 0.00759. The van der Waals surface area contributed by atoms with Gasteiger partial charge in [0.15, 0.2) is 0 Å². The highest BCUT2D eigenvalue weighted by Crippen LogP contribution is 2.24. The van der Waals surface area contributed by atoms with Crippen molar-refractivity contribution >= 4 is 17.6 Å². The molecule has 0 aromatic carbocycles. The summed E-state index contributed by atoms with van der Waals surface area (Å²) in [5.41, 5.74) is 2.15. The maximum atomic E-state index is 12.7. The second-order valence-corrected chi connectivity index (χ2v) is 6.39. The summed E-state index contributed by atoms with van der Waals surface area (Å²) in [6, 6.07) is 0. The minimum atomic E-state index is -0.0687. The second-order valence-electron chi connectivity index (χ2n) is 6.39. The first-order valence-electron chi connectivity index (χ1n) is 9.22. The molecule has 0 atom stereocenters. The summed E-state index contributed by atoms with van der Waals surface area (Å²) in [6.07, 6.45) is 3.07. The van der Waals surface area contributed by atoms with Gasteiger partial charge >= 0.3 is 0 Å². The monoisotopic (exact) mass is 350 g/mol. The molecule has 0 radical (unpaired) electrons. The zero-order valence-electron chi connectivity index (χ0n) is 15.8. The number of carbonyl (C=O) groups is 2. The van der Waals surface area contributed by atoms with Crippen LogP contribution in [0.4, 0.5) is 5.82 Å². The molecule has 2 rings (SSSR count). The van der Waals surface area contributed by atoms with Crippen molar-refractivity contribution in [2.45, 2.75) is 46.5 Å². The highest BCUT2D eigenvalue weighted by atomic mass is 16.5. The molecule has 1 aliphatic heterocycles. The maximum absolute atomic E-state index is 12.7. The van der Waals surface area contributed by atoms with Crippen molar-refractivity contribution < 1.29 is 14.3 Å². The lowest BCUT2D eigenvalue weighted by molar-refractivity contribution is -0.138. The Bertz CT molecular complexity index is 604. The molecule has 1 aliphatic rings. The van der Waals surface area contributed by atoms with Gasteiger partial charge in [0, 0.05) is 38.2 Å². The number of hydrogen-bond donors (Lipinski definition) is 1. The molecule has 1 aromatic heterocycles. The first kappa shape index (κ1) is 19.4. The fraction of sp³-hybridized carbons (Fsp3) is 0.722. The number of ether oxygens (including phenoxy) is 1. The van der Waals surface area contributed by atoms with Crippen molar-refractivity contribution in [2.24, 2.45) is 13.0 Å². The van der Waals surface area contributed by atoms with Crippen LogP contribution in [0, 0.1) is 5.92 Å². The van der Waals surface area contributed by atoms with E-state index in [1.807, 2.05) is 14.0 Å². The molecular weight excluding hydrogens is 320 g/mol. The first-order chi connectivity index (χ1) is 12.0. The third-order valence-corrected chi connectivity index (χ3v) is 4.81. The van der Waals surface area contributed by atoms with Crippen LogP contribution in [0.15, 0.2) is 0 Å². The Morgan fingerprint density at radius 2 is 1.88 bits per heavy atom. The standard InChI is InChI=1S/C18H30N4O3/c1-5-14-15(6-2)20-21(4)17(14)19-18(24)13-8-10-22(11-9-13)16(23)12-25-7-3/h13H,5-12H2,1-4H3,(H,19,24). The Hall–Kier alpha value is -1.89. The number of amides is 2. The van der Waals surface area contributed by atoms with E-state index in [0.717, 1.165) is 29.9 Å². The van der Waals surface area contributed by atoms with Gasteiger partial charge < -0.3 is 15.0 Å². The fourth-order valence-corrected chi connectivity index (χ4v) is 3.33. The largest absolute Gasteiger partial charge is 0.372 e. The summed E-state index contributed by atoms with van der Waals surface area (Å²) in [7, 11) is 1.86. The molecule has 0 saturated carbocycles. The Morgan fingerprint density at radius 3 is 2.44 bits per heavy atom. The van der Waals surface area contributed by atoms with Crippen LogP contribution >= 0.6 is 0 Å². The summed E-state index contributed by atoms with van der Waals surface area (Å²) in [5, 5.41) is 7.56. The third kappa shape index (κ3) is 4.60. The number of piperidine rings is 1. The molecule has 0 spiro atoms. The Balaban J connectivity index is 1.93. The number of hydrogen-bond acceptors (Lipinski definition) is 4. The van der Waals surface area contributed by atoms with Crippen LogP contribution in [0.1, 0.15) is 44.9 Å². The lowest BCUT2D eigenvalue weighted by atomic mass is 9.95. The summed E-state index contributed by atoms with van der Waals surface area (Å²) in [6.45, 7) is 7.90. The molecule has 1 fully saturated rings. The first-order valence-corrected chi connectivity index (χ1v) is 9.22. The van der Waals surface area contributed by atoms with E-state index in [1.165, 1.54) is 0 Å².